The van der Waals surface area contributed by atoms with Gasteiger partial charge in [0.15, 0.2) is 0 Å². The molecule has 22 heavy (non-hydrogen) atoms. The summed E-state index contributed by atoms with van der Waals surface area (Å²) in [5.41, 5.74) is 5.25. The van der Waals surface area contributed by atoms with E-state index in [9.17, 15) is 9.90 Å². The standard InChI is InChI=1S/C15H31BN2O4/c1-14(2)6-10-18(11-7-14)12-8-15(17,13(19)20)5-3-4-9-16(21)22/h21-22H,3-12,17H2,1-2H3,(H,19,20). The van der Waals surface area contributed by atoms with Gasteiger partial charge in [0.25, 0.3) is 0 Å². The lowest BCUT2D eigenvalue weighted by Crippen LogP contribution is -2.51. The molecule has 0 bridgehead atoms. The topological polar surface area (TPSA) is 107 Å². The van der Waals surface area contributed by atoms with E-state index in [1.165, 1.54) is 0 Å². The molecule has 0 radical (unpaired) electrons. The fourth-order valence-electron chi connectivity index (χ4n) is 2.85. The Kier molecular flexibility index (Phi) is 7.32. The van der Waals surface area contributed by atoms with Gasteiger partial charge in [0, 0.05) is 6.54 Å². The van der Waals surface area contributed by atoms with Crippen LogP contribution in [-0.2, 0) is 4.79 Å². The van der Waals surface area contributed by atoms with Gasteiger partial charge in [-0.25, -0.2) is 0 Å². The van der Waals surface area contributed by atoms with Gasteiger partial charge >= 0.3 is 13.1 Å². The molecule has 0 amide bonds. The van der Waals surface area contributed by atoms with Crippen LogP contribution in [0, 0.1) is 5.41 Å². The molecule has 1 rings (SSSR count). The Morgan fingerprint density at radius 3 is 2.32 bits per heavy atom. The number of piperidine rings is 1. The van der Waals surface area contributed by atoms with E-state index in [2.05, 4.69) is 18.7 Å². The molecule has 0 spiro atoms. The summed E-state index contributed by atoms with van der Waals surface area (Å²) in [6.07, 6.45) is 4.49. The minimum Gasteiger partial charge on any atom is -0.480 e. The quantitative estimate of drug-likeness (QED) is 0.372. The third kappa shape index (κ3) is 6.65. The number of rotatable bonds is 9. The van der Waals surface area contributed by atoms with Crippen molar-refractivity contribution in [3.8, 4) is 0 Å². The third-order valence-corrected chi connectivity index (χ3v) is 4.84. The summed E-state index contributed by atoms with van der Waals surface area (Å²) in [6, 6.07) is 0. The van der Waals surface area contributed by atoms with Crippen LogP contribution in [0.5, 0.6) is 0 Å². The molecule has 1 aliphatic heterocycles. The van der Waals surface area contributed by atoms with Crippen molar-refractivity contribution < 1.29 is 19.9 Å². The van der Waals surface area contributed by atoms with Crippen molar-refractivity contribution in [1.29, 1.82) is 0 Å². The van der Waals surface area contributed by atoms with E-state index in [1.54, 1.807) is 0 Å². The Balaban J connectivity index is 2.38. The van der Waals surface area contributed by atoms with Crippen molar-refractivity contribution in [3.05, 3.63) is 0 Å². The van der Waals surface area contributed by atoms with Gasteiger partial charge in [-0.3, -0.25) is 4.79 Å². The lowest BCUT2D eigenvalue weighted by atomic mass is 9.81. The van der Waals surface area contributed by atoms with Gasteiger partial charge in [-0.1, -0.05) is 26.7 Å². The van der Waals surface area contributed by atoms with E-state index >= 15 is 0 Å². The van der Waals surface area contributed by atoms with E-state index in [-0.39, 0.29) is 6.32 Å². The van der Waals surface area contributed by atoms with Gasteiger partial charge < -0.3 is 25.8 Å². The molecule has 0 aliphatic carbocycles. The van der Waals surface area contributed by atoms with Crippen molar-refractivity contribution in [2.45, 2.75) is 64.2 Å². The molecule has 7 heteroatoms. The van der Waals surface area contributed by atoms with E-state index in [0.29, 0.717) is 37.6 Å². The smallest absolute Gasteiger partial charge is 0.451 e. The molecule has 1 saturated heterocycles. The predicted molar refractivity (Wildman–Crippen MR) is 87.5 cm³/mol. The van der Waals surface area contributed by atoms with Crippen LogP contribution in [0.3, 0.4) is 0 Å². The molecule has 0 aromatic rings. The SMILES string of the molecule is CC1(C)CCN(CCC(N)(CCCCB(O)O)C(=O)O)CC1. The highest BCUT2D eigenvalue weighted by atomic mass is 16.4. The second-order valence-electron chi connectivity index (χ2n) is 7.44. The van der Waals surface area contributed by atoms with Crippen molar-refractivity contribution in [2.75, 3.05) is 19.6 Å². The summed E-state index contributed by atoms with van der Waals surface area (Å²) in [4.78, 5) is 13.8. The Bertz CT molecular complexity index is 355. The number of nitrogens with two attached hydrogens (primary N) is 1. The molecule has 0 saturated carbocycles. The first kappa shape index (κ1) is 19.4. The zero-order valence-electron chi connectivity index (χ0n) is 13.9. The molecular weight excluding hydrogens is 283 g/mol. The highest BCUT2D eigenvalue weighted by molar-refractivity contribution is 6.40. The Labute approximate surface area is 133 Å². The molecule has 6 nitrogen and oxygen atoms in total. The lowest BCUT2D eigenvalue weighted by molar-refractivity contribution is -0.144. The number of aliphatic carboxylic acids is 1. The molecule has 0 aromatic carbocycles. The number of carboxylic acid groups (broad SMARTS) is 1. The first-order valence-corrected chi connectivity index (χ1v) is 8.25. The van der Waals surface area contributed by atoms with Gasteiger partial charge in [0.2, 0.25) is 0 Å². The molecule has 1 heterocycles. The summed E-state index contributed by atoms with van der Waals surface area (Å²) >= 11 is 0. The van der Waals surface area contributed by atoms with Crippen LogP contribution in [0.4, 0.5) is 0 Å². The summed E-state index contributed by atoms with van der Waals surface area (Å²) in [5, 5.41) is 27.0. The number of carbonyl (C=O) groups is 1. The molecular formula is C15H31BN2O4. The second-order valence-corrected chi connectivity index (χ2v) is 7.44. The molecule has 128 valence electrons. The zero-order valence-corrected chi connectivity index (χ0v) is 13.9. The van der Waals surface area contributed by atoms with Gasteiger partial charge in [-0.05, 0) is 50.5 Å². The average molecular weight is 314 g/mol. The van der Waals surface area contributed by atoms with Crippen LogP contribution in [0.15, 0.2) is 0 Å². The van der Waals surface area contributed by atoms with Crippen molar-refractivity contribution >= 4 is 13.1 Å². The van der Waals surface area contributed by atoms with Crippen LogP contribution >= 0.6 is 0 Å². The molecule has 1 fully saturated rings. The maximum Gasteiger partial charge on any atom is 0.451 e. The highest BCUT2D eigenvalue weighted by Crippen LogP contribution is 2.30. The van der Waals surface area contributed by atoms with E-state index < -0.39 is 18.6 Å². The minimum atomic E-state index is -1.33. The van der Waals surface area contributed by atoms with E-state index in [4.69, 9.17) is 15.8 Å². The number of unbranched alkanes of at least 4 members (excludes halogenated alkanes) is 1. The van der Waals surface area contributed by atoms with Crippen LogP contribution in [0.25, 0.3) is 0 Å². The fraction of sp³-hybridized carbons (Fsp3) is 0.933. The van der Waals surface area contributed by atoms with Crippen LogP contribution in [0.2, 0.25) is 6.32 Å². The normalized spacial score (nSPS) is 21.3. The number of hydrogen-bond donors (Lipinski definition) is 4. The second kappa shape index (κ2) is 8.29. The van der Waals surface area contributed by atoms with Crippen LogP contribution in [0.1, 0.15) is 52.4 Å². The van der Waals surface area contributed by atoms with Crippen LogP contribution < -0.4 is 5.73 Å². The average Bonchev–Trinajstić information content (AvgIpc) is 2.42. The van der Waals surface area contributed by atoms with E-state index in [1.807, 2.05) is 0 Å². The summed E-state index contributed by atoms with van der Waals surface area (Å²) < 4.78 is 0. The van der Waals surface area contributed by atoms with Crippen molar-refractivity contribution in [2.24, 2.45) is 11.1 Å². The first-order valence-electron chi connectivity index (χ1n) is 8.25. The number of nitrogens with zero attached hydrogens (tertiary/aromatic N) is 1. The van der Waals surface area contributed by atoms with Gasteiger partial charge in [0.1, 0.15) is 5.54 Å². The first-order chi connectivity index (χ1) is 10.1. The zero-order chi connectivity index (χ0) is 16.8. The Morgan fingerprint density at radius 2 is 1.82 bits per heavy atom. The van der Waals surface area contributed by atoms with Gasteiger partial charge in [0.05, 0.1) is 0 Å². The lowest BCUT2D eigenvalue weighted by Gasteiger charge is -2.38. The number of likely N-dealkylation sites (tertiary alicyclic amines) is 1. The highest BCUT2D eigenvalue weighted by Gasteiger charge is 2.34. The molecule has 1 unspecified atom stereocenters. The number of hydrogen-bond acceptors (Lipinski definition) is 5. The monoisotopic (exact) mass is 314 g/mol. The van der Waals surface area contributed by atoms with Crippen molar-refractivity contribution in [1.82, 2.24) is 4.90 Å². The Morgan fingerprint density at radius 1 is 1.23 bits per heavy atom. The maximum absolute atomic E-state index is 11.5. The third-order valence-electron chi connectivity index (χ3n) is 4.84. The largest absolute Gasteiger partial charge is 0.480 e. The maximum atomic E-state index is 11.5. The summed E-state index contributed by atoms with van der Waals surface area (Å²) in [7, 11) is -1.33. The van der Waals surface area contributed by atoms with E-state index in [0.717, 1.165) is 25.9 Å². The number of carboxylic acids is 1. The van der Waals surface area contributed by atoms with Gasteiger partial charge in [-0.15, -0.1) is 0 Å². The summed E-state index contributed by atoms with van der Waals surface area (Å²) in [5.74, 6) is -0.964. The molecule has 5 N–H and O–H groups in total. The van der Waals surface area contributed by atoms with Gasteiger partial charge in [-0.2, -0.15) is 0 Å². The Hall–Kier alpha value is -0.625. The fourth-order valence-corrected chi connectivity index (χ4v) is 2.85. The summed E-state index contributed by atoms with van der Waals surface area (Å²) in [6.45, 7) is 7.25. The molecule has 1 aliphatic rings. The molecule has 1 atom stereocenters. The van der Waals surface area contributed by atoms with Crippen molar-refractivity contribution in [3.63, 3.8) is 0 Å². The molecule has 0 aromatic heterocycles. The minimum absolute atomic E-state index is 0.261. The van der Waals surface area contributed by atoms with Crippen LogP contribution in [-0.4, -0.2) is 58.3 Å². The predicted octanol–water partition coefficient (Wildman–Crippen LogP) is 0.924.